The van der Waals surface area contributed by atoms with Crippen LogP contribution < -0.4 is 5.32 Å². The van der Waals surface area contributed by atoms with Gasteiger partial charge < -0.3 is 40.3 Å². The average molecular weight is 986 g/mol. The van der Waals surface area contributed by atoms with Gasteiger partial charge in [0.1, 0.15) is 24.4 Å². The maximum atomic E-state index is 13.0. The smallest absolute Gasteiger partial charge is 0.220 e. The van der Waals surface area contributed by atoms with Gasteiger partial charge in [-0.3, -0.25) is 4.79 Å². The molecule has 0 saturated carbocycles. The summed E-state index contributed by atoms with van der Waals surface area (Å²) in [5, 5.41) is 54.4. The first-order valence-electron chi connectivity index (χ1n) is 27.6. The molecule has 0 bridgehead atoms. The predicted molar refractivity (Wildman–Crippen MR) is 299 cm³/mol. The Hall–Kier alpha value is -3.93. The van der Waals surface area contributed by atoms with Crippen molar-refractivity contribution in [2.45, 2.75) is 224 Å². The van der Waals surface area contributed by atoms with Crippen LogP contribution in [-0.4, -0.2) is 87.5 Å². The molecule has 400 valence electrons. The highest BCUT2D eigenvalue weighted by Crippen LogP contribution is 2.22. The van der Waals surface area contributed by atoms with Gasteiger partial charge in [0, 0.05) is 6.42 Å². The van der Waals surface area contributed by atoms with Crippen molar-refractivity contribution in [1.29, 1.82) is 0 Å². The number of rotatable bonds is 44. The normalized spacial score (nSPS) is 20.5. The van der Waals surface area contributed by atoms with Crippen molar-refractivity contribution in [3.05, 3.63) is 146 Å². The number of carbonyl (C=O) groups is 1. The number of aliphatic hydroxyl groups is 5. The number of hydrogen-bond acceptors (Lipinski definition) is 8. The number of hydrogen-bond donors (Lipinski definition) is 6. The Balaban J connectivity index is 2.33. The third-order valence-corrected chi connectivity index (χ3v) is 11.9. The topological polar surface area (TPSA) is 149 Å². The van der Waals surface area contributed by atoms with Gasteiger partial charge in [-0.15, -0.1) is 0 Å². The molecular weight excluding hydrogens is 887 g/mol. The second-order valence-corrected chi connectivity index (χ2v) is 18.3. The van der Waals surface area contributed by atoms with Gasteiger partial charge in [0.05, 0.1) is 25.4 Å². The number of ether oxygens (including phenoxy) is 2. The Morgan fingerprint density at radius 1 is 0.493 bits per heavy atom. The molecule has 1 rings (SSSR count). The maximum absolute atomic E-state index is 13.0. The summed E-state index contributed by atoms with van der Waals surface area (Å²) in [5.74, 6) is -0.230. The molecule has 0 aromatic rings. The summed E-state index contributed by atoms with van der Waals surface area (Å²) in [6.45, 7) is 3.59. The minimum absolute atomic E-state index is 0.230. The van der Waals surface area contributed by atoms with Crippen molar-refractivity contribution >= 4 is 5.91 Å². The lowest BCUT2D eigenvalue weighted by atomic mass is 9.99. The fourth-order valence-corrected chi connectivity index (χ4v) is 7.53. The Morgan fingerprint density at radius 2 is 0.887 bits per heavy atom. The van der Waals surface area contributed by atoms with Gasteiger partial charge in [-0.25, -0.2) is 0 Å². The molecule has 7 unspecified atom stereocenters. The quantitative estimate of drug-likeness (QED) is 0.0261. The monoisotopic (exact) mass is 986 g/mol. The van der Waals surface area contributed by atoms with E-state index in [1.54, 1.807) is 6.08 Å². The molecule has 0 aliphatic carbocycles. The van der Waals surface area contributed by atoms with Crippen LogP contribution in [0.3, 0.4) is 0 Å². The molecule has 0 radical (unpaired) electrons. The second-order valence-electron chi connectivity index (χ2n) is 18.3. The van der Waals surface area contributed by atoms with Crippen LogP contribution in [0.25, 0.3) is 0 Å². The zero-order valence-corrected chi connectivity index (χ0v) is 44.2. The molecule has 1 fully saturated rings. The van der Waals surface area contributed by atoms with E-state index in [1.165, 1.54) is 44.9 Å². The molecule has 1 saturated heterocycles. The second kappa shape index (κ2) is 49.6. The fraction of sp³-hybridized carbons (Fsp3) is 0.597. The summed E-state index contributed by atoms with van der Waals surface area (Å²) in [4.78, 5) is 13.0. The lowest BCUT2D eigenvalue weighted by Crippen LogP contribution is -2.60. The summed E-state index contributed by atoms with van der Waals surface area (Å²) >= 11 is 0. The van der Waals surface area contributed by atoms with Crippen molar-refractivity contribution in [2.75, 3.05) is 13.2 Å². The molecule has 1 aliphatic heterocycles. The van der Waals surface area contributed by atoms with Crippen LogP contribution in [0.4, 0.5) is 0 Å². The average Bonchev–Trinajstić information content (AvgIpc) is 3.37. The van der Waals surface area contributed by atoms with Gasteiger partial charge >= 0.3 is 0 Å². The van der Waals surface area contributed by atoms with Crippen LogP contribution in [0.2, 0.25) is 0 Å². The van der Waals surface area contributed by atoms with Crippen LogP contribution in [-0.2, 0) is 14.3 Å². The first kappa shape index (κ1) is 65.1. The van der Waals surface area contributed by atoms with Crippen LogP contribution in [0.15, 0.2) is 146 Å². The number of amides is 1. The largest absolute Gasteiger partial charge is 0.394 e. The van der Waals surface area contributed by atoms with Crippen molar-refractivity contribution in [1.82, 2.24) is 5.32 Å². The predicted octanol–water partition coefficient (Wildman–Crippen LogP) is 13.5. The minimum atomic E-state index is -1.59. The molecular formula is C62H99NO8. The van der Waals surface area contributed by atoms with Crippen molar-refractivity contribution in [3.63, 3.8) is 0 Å². The van der Waals surface area contributed by atoms with E-state index in [1.807, 2.05) is 6.08 Å². The van der Waals surface area contributed by atoms with Crippen LogP contribution >= 0.6 is 0 Å². The molecule has 71 heavy (non-hydrogen) atoms. The highest BCUT2D eigenvalue weighted by atomic mass is 16.7. The van der Waals surface area contributed by atoms with Crippen molar-refractivity contribution in [2.24, 2.45) is 0 Å². The lowest BCUT2D eigenvalue weighted by molar-refractivity contribution is -0.302. The van der Waals surface area contributed by atoms with Crippen LogP contribution in [0, 0.1) is 0 Å². The highest BCUT2D eigenvalue weighted by molar-refractivity contribution is 5.76. The Kier molecular flexibility index (Phi) is 45.5. The van der Waals surface area contributed by atoms with Gasteiger partial charge in [0.15, 0.2) is 6.29 Å². The highest BCUT2D eigenvalue weighted by Gasteiger charge is 2.44. The van der Waals surface area contributed by atoms with Crippen LogP contribution in [0.1, 0.15) is 181 Å². The number of unbranched alkanes of at least 4 members (excludes halogenated alkanes) is 12. The van der Waals surface area contributed by atoms with E-state index in [0.29, 0.717) is 12.8 Å². The Bertz CT molecular complexity index is 1610. The van der Waals surface area contributed by atoms with E-state index < -0.39 is 49.5 Å². The summed E-state index contributed by atoms with van der Waals surface area (Å²) in [6, 6.07) is -0.858. The van der Waals surface area contributed by atoms with Gasteiger partial charge in [0.25, 0.3) is 0 Å². The Morgan fingerprint density at radius 3 is 1.35 bits per heavy atom. The first-order chi connectivity index (χ1) is 34.8. The van der Waals surface area contributed by atoms with Crippen molar-refractivity contribution in [3.8, 4) is 0 Å². The van der Waals surface area contributed by atoms with Gasteiger partial charge in [-0.05, 0) is 116 Å². The van der Waals surface area contributed by atoms with Gasteiger partial charge in [-0.1, -0.05) is 205 Å². The molecule has 6 N–H and O–H groups in total. The molecule has 1 aliphatic rings. The van der Waals surface area contributed by atoms with Crippen LogP contribution in [0.5, 0.6) is 0 Å². The standard InChI is InChI=1S/C62H99NO8/c1-3-5-7-9-11-13-15-17-19-21-22-23-24-25-26-27-28-29-30-31-32-33-34-36-38-40-42-44-46-48-50-52-58(66)63-55(54-70-62-61(69)60(68)59(67)57(53-64)71-62)56(65)51-49-47-45-43-41-39-37-35-20-18-16-14-12-10-8-6-4-2/h5,7,11,13,17,19-20,22-23,25-26,28-29,31-32,34-36,40-43,49,51,55-57,59-62,64-65,67-69H,3-4,6,8-10,12,14-16,18,21,24,27,30,33,37-39,44-48,50,52-54H2,1-2H3,(H,63,66)/b7-5-,13-11-,19-17-,23-22-,26-25-,29-28-,32-31-,35-20+,36-34-,42-40-,43-41+,51-49+. The van der Waals surface area contributed by atoms with Gasteiger partial charge in [0.2, 0.25) is 5.91 Å². The summed E-state index contributed by atoms with van der Waals surface area (Å²) in [6.07, 6.45) is 70.4. The lowest BCUT2D eigenvalue weighted by Gasteiger charge is -2.40. The molecule has 0 aromatic heterocycles. The van der Waals surface area contributed by atoms with Gasteiger partial charge in [-0.2, -0.15) is 0 Å². The SMILES string of the molecule is CC/C=C\C/C=C\C/C=C\C/C=C\C/C=C\C/C=C\C/C=C\C/C=C\C/C=C\CCCCCC(=O)NC(COC1OC(CO)C(O)C(O)C1O)C(O)/C=C/CC/C=C/CC/C=C/CCCCCCCCC. The zero-order valence-electron chi connectivity index (χ0n) is 44.2. The molecule has 1 amide bonds. The zero-order chi connectivity index (χ0) is 51.5. The number of allylic oxidation sites excluding steroid dienone is 23. The molecule has 1 heterocycles. The number of carbonyl (C=O) groups excluding carboxylic acids is 1. The first-order valence-corrected chi connectivity index (χ1v) is 27.6. The summed E-state index contributed by atoms with van der Waals surface area (Å²) in [5.41, 5.74) is 0. The molecule has 0 spiro atoms. The van der Waals surface area contributed by atoms with E-state index in [4.69, 9.17) is 9.47 Å². The summed E-state index contributed by atoms with van der Waals surface area (Å²) in [7, 11) is 0. The third-order valence-electron chi connectivity index (χ3n) is 11.9. The third kappa shape index (κ3) is 39.3. The molecule has 0 aromatic carbocycles. The fourth-order valence-electron chi connectivity index (χ4n) is 7.53. The minimum Gasteiger partial charge on any atom is -0.394 e. The molecule has 9 heteroatoms. The van der Waals surface area contributed by atoms with E-state index >= 15 is 0 Å². The summed E-state index contributed by atoms with van der Waals surface area (Å²) < 4.78 is 11.2. The van der Waals surface area contributed by atoms with E-state index in [0.717, 1.165) is 103 Å². The molecule has 9 nitrogen and oxygen atoms in total. The number of nitrogens with one attached hydrogen (secondary N) is 1. The van der Waals surface area contributed by atoms with E-state index in [9.17, 15) is 30.3 Å². The molecule has 7 atom stereocenters. The van der Waals surface area contributed by atoms with E-state index in [2.05, 4.69) is 153 Å². The maximum Gasteiger partial charge on any atom is 0.220 e. The Labute approximate surface area is 432 Å². The van der Waals surface area contributed by atoms with E-state index in [-0.39, 0.29) is 18.9 Å². The number of aliphatic hydroxyl groups excluding tert-OH is 5. The van der Waals surface area contributed by atoms with Crippen molar-refractivity contribution < 1.29 is 39.8 Å².